The summed E-state index contributed by atoms with van der Waals surface area (Å²) in [6.45, 7) is 2.76. The Morgan fingerprint density at radius 1 is 1.46 bits per heavy atom. The number of hydrogen-bond donors (Lipinski definition) is 2. The van der Waals surface area contributed by atoms with Crippen molar-refractivity contribution in [3.63, 3.8) is 0 Å². The molecule has 128 valence electrons. The second-order valence-electron chi connectivity index (χ2n) is 6.19. The van der Waals surface area contributed by atoms with Gasteiger partial charge < -0.3 is 10.6 Å². The minimum atomic E-state index is -0.201. The molecule has 1 saturated heterocycles. The van der Waals surface area contributed by atoms with Crippen LogP contribution in [0.3, 0.4) is 0 Å². The van der Waals surface area contributed by atoms with Crippen molar-refractivity contribution in [2.45, 2.75) is 25.8 Å². The molecular weight excluding hydrogens is 372 g/mol. The molecule has 1 aliphatic heterocycles. The van der Waals surface area contributed by atoms with E-state index in [-0.39, 0.29) is 18.0 Å². The van der Waals surface area contributed by atoms with Crippen LogP contribution in [-0.2, 0) is 11.3 Å². The van der Waals surface area contributed by atoms with Crippen LogP contribution in [0.2, 0.25) is 0 Å². The molecule has 2 N–H and O–H groups in total. The quantitative estimate of drug-likeness (QED) is 0.811. The number of aromatic nitrogens is 2. The first-order valence-electron chi connectivity index (χ1n) is 8.25. The van der Waals surface area contributed by atoms with E-state index in [1.807, 2.05) is 6.07 Å². The van der Waals surface area contributed by atoms with E-state index >= 15 is 0 Å². The van der Waals surface area contributed by atoms with E-state index in [1.54, 1.807) is 12.1 Å². The van der Waals surface area contributed by atoms with Crippen molar-refractivity contribution in [2.24, 2.45) is 5.92 Å². The summed E-state index contributed by atoms with van der Waals surface area (Å²) in [6, 6.07) is 5.35. The Morgan fingerprint density at radius 2 is 2.33 bits per heavy atom. The molecule has 0 bridgehead atoms. The Balaban J connectivity index is 1.58. The van der Waals surface area contributed by atoms with Crippen LogP contribution in [-0.4, -0.2) is 35.1 Å². The fourth-order valence-corrected chi connectivity index (χ4v) is 3.40. The van der Waals surface area contributed by atoms with Crippen LogP contribution in [0.15, 0.2) is 33.8 Å². The molecule has 0 saturated carbocycles. The first kappa shape index (κ1) is 17.1. The molecule has 1 fully saturated rings. The van der Waals surface area contributed by atoms with Gasteiger partial charge in [0.05, 0.1) is 17.2 Å². The summed E-state index contributed by atoms with van der Waals surface area (Å²) < 4.78 is 2.17. The molecule has 0 aliphatic carbocycles. The maximum Gasteiger partial charge on any atom is 0.261 e. The van der Waals surface area contributed by atoms with Crippen LogP contribution in [0.5, 0.6) is 0 Å². The molecule has 3 rings (SSSR count). The number of benzene rings is 1. The summed E-state index contributed by atoms with van der Waals surface area (Å²) >= 11 is 3.35. The Bertz CT molecular complexity index is 784. The van der Waals surface area contributed by atoms with Gasteiger partial charge in [-0.3, -0.25) is 14.2 Å². The molecule has 7 heteroatoms. The summed E-state index contributed by atoms with van der Waals surface area (Å²) in [4.78, 5) is 28.8. The number of fused-ring (bicyclic) bond motifs is 1. The van der Waals surface area contributed by atoms with E-state index in [1.165, 1.54) is 23.7 Å². The van der Waals surface area contributed by atoms with E-state index in [2.05, 4.69) is 31.5 Å². The molecule has 1 aromatic heterocycles. The van der Waals surface area contributed by atoms with E-state index in [9.17, 15) is 9.59 Å². The first-order valence-corrected chi connectivity index (χ1v) is 9.05. The molecule has 1 aromatic carbocycles. The van der Waals surface area contributed by atoms with Crippen molar-refractivity contribution >= 4 is 32.7 Å². The zero-order valence-electron chi connectivity index (χ0n) is 13.4. The van der Waals surface area contributed by atoms with Crippen molar-refractivity contribution in [2.75, 3.05) is 19.6 Å². The lowest BCUT2D eigenvalue weighted by molar-refractivity contribution is -0.121. The predicted molar refractivity (Wildman–Crippen MR) is 96.9 cm³/mol. The van der Waals surface area contributed by atoms with Crippen LogP contribution in [0.25, 0.3) is 10.9 Å². The van der Waals surface area contributed by atoms with Gasteiger partial charge in [-0.25, -0.2) is 4.98 Å². The second-order valence-corrected chi connectivity index (χ2v) is 7.11. The average Bonchev–Trinajstić information content (AvgIpc) is 2.59. The first-order chi connectivity index (χ1) is 11.6. The van der Waals surface area contributed by atoms with Crippen LogP contribution >= 0.6 is 15.9 Å². The minimum Gasteiger partial charge on any atom is -0.355 e. The van der Waals surface area contributed by atoms with Crippen molar-refractivity contribution in [3.05, 3.63) is 39.4 Å². The summed E-state index contributed by atoms with van der Waals surface area (Å²) in [5.41, 5.74) is 0.428. The maximum atomic E-state index is 12.5. The van der Waals surface area contributed by atoms with Gasteiger partial charge in [-0.2, -0.15) is 0 Å². The summed E-state index contributed by atoms with van der Waals surface area (Å²) in [7, 11) is 0. The number of halogens is 1. The molecule has 0 radical (unpaired) electrons. The standard InChI is InChI=1S/C17H21BrN4O2/c18-13-3-4-15-14(8-13)17(24)22(11-21-15)10-16(23)20-7-5-12-2-1-6-19-9-12/h3-4,8,11-12,19H,1-2,5-7,9-10H2,(H,20,23). The predicted octanol–water partition coefficient (Wildman–Crippen LogP) is 1.66. The topological polar surface area (TPSA) is 76.0 Å². The van der Waals surface area contributed by atoms with E-state index in [4.69, 9.17) is 0 Å². The van der Waals surface area contributed by atoms with Crippen molar-refractivity contribution < 1.29 is 4.79 Å². The number of nitrogens with zero attached hydrogens (tertiary/aromatic N) is 2. The van der Waals surface area contributed by atoms with Gasteiger partial charge in [0.25, 0.3) is 5.56 Å². The summed E-state index contributed by atoms with van der Waals surface area (Å²) in [6.07, 6.45) is 4.82. The van der Waals surface area contributed by atoms with Gasteiger partial charge in [0, 0.05) is 11.0 Å². The highest BCUT2D eigenvalue weighted by atomic mass is 79.9. The molecule has 24 heavy (non-hydrogen) atoms. The van der Waals surface area contributed by atoms with Gasteiger partial charge in [0.2, 0.25) is 5.91 Å². The highest BCUT2D eigenvalue weighted by Gasteiger charge is 2.13. The lowest BCUT2D eigenvalue weighted by atomic mass is 9.96. The van der Waals surface area contributed by atoms with Gasteiger partial charge >= 0.3 is 0 Å². The Hall–Kier alpha value is -1.73. The van der Waals surface area contributed by atoms with Crippen molar-refractivity contribution in [3.8, 4) is 0 Å². The van der Waals surface area contributed by atoms with Gasteiger partial charge in [0.15, 0.2) is 0 Å². The van der Waals surface area contributed by atoms with E-state index in [0.717, 1.165) is 24.0 Å². The molecule has 6 nitrogen and oxygen atoms in total. The second kappa shape index (κ2) is 7.90. The normalized spacial score (nSPS) is 17.8. The van der Waals surface area contributed by atoms with Gasteiger partial charge in [-0.15, -0.1) is 0 Å². The highest BCUT2D eigenvalue weighted by Crippen LogP contribution is 2.15. The molecule has 0 spiro atoms. The smallest absolute Gasteiger partial charge is 0.261 e. The third-order valence-corrected chi connectivity index (χ3v) is 4.87. The molecule has 1 atom stereocenters. The van der Waals surface area contributed by atoms with Crippen LogP contribution in [0.4, 0.5) is 0 Å². The largest absolute Gasteiger partial charge is 0.355 e. The number of rotatable bonds is 5. The molecule has 1 amide bonds. The monoisotopic (exact) mass is 392 g/mol. The number of piperidine rings is 1. The fourth-order valence-electron chi connectivity index (χ4n) is 3.04. The Morgan fingerprint density at radius 3 is 3.12 bits per heavy atom. The van der Waals surface area contributed by atoms with Crippen molar-refractivity contribution in [1.29, 1.82) is 0 Å². The molecule has 1 unspecified atom stereocenters. The third-order valence-electron chi connectivity index (χ3n) is 4.37. The SMILES string of the molecule is O=C(Cn1cnc2ccc(Br)cc2c1=O)NCCC1CCCNC1. The number of hydrogen-bond acceptors (Lipinski definition) is 4. The van der Waals surface area contributed by atoms with Crippen molar-refractivity contribution in [1.82, 2.24) is 20.2 Å². The number of nitrogens with one attached hydrogen (secondary N) is 2. The van der Waals surface area contributed by atoms with Gasteiger partial charge in [-0.05, 0) is 56.5 Å². The third kappa shape index (κ3) is 4.21. The van der Waals surface area contributed by atoms with E-state index < -0.39 is 0 Å². The fraction of sp³-hybridized carbons (Fsp3) is 0.471. The maximum absolute atomic E-state index is 12.5. The lowest BCUT2D eigenvalue weighted by Gasteiger charge is -2.22. The molecule has 2 heterocycles. The highest BCUT2D eigenvalue weighted by molar-refractivity contribution is 9.10. The number of amides is 1. The Labute approximate surface area is 148 Å². The molecule has 1 aliphatic rings. The zero-order valence-corrected chi connectivity index (χ0v) is 15.0. The molecular formula is C17H21BrN4O2. The minimum absolute atomic E-state index is 0.00277. The number of carbonyl (C=O) groups excluding carboxylic acids is 1. The van der Waals surface area contributed by atoms with E-state index in [0.29, 0.717) is 23.4 Å². The van der Waals surface area contributed by atoms with Gasteiger partial charge in [0.1, 0.15) is 6.54 Å². The zero-order chi connectivity index (χ0) is 16.9. The van der Waals surface area contributed by atoms with Gasteiger partial charge in [-0.1, -0.05) is 15.9 Å². The number of carbonyl (C=O) groups is 1. The van der Waals surface area contributed by atoms with Crippen LogP contribution < -0.4 is 16.2 Å². The lowest BCUT2D eigenvalue weighted by Crippen LogP contribution is -2.35. The Kier molecular flexibility index (Phi) is 5.63. The molecule has 2 aromatic rings. The van der Waals surface area contributed by atoms with Crippen LogP contribution in [0.1, 0.15) is 19.3 Å². The average molecular weight is 393 g/mol. The van der Waals surface area contributed by atoms with Crippen LogP contribution in [0, 0.1) is 5.92 Å². The summed E-state index contributed by atoms with van der Waals surface area (Å²) in [5, 5.41) is 6.78. The summed E-state index contributed by atoms with van der Waals surface area (Å²) in [5.74, 6) is 0.471.